The smallest absolute Gasteiger partial charge is 0.338 e. The molecule has 9 heteroatoms. The summed E-state index contributed by atoms with van der Waals surface area (Å²) in [5.74, 6) is -0.835. The van der Waals surface area contributed by atoms with Crippen molar-refractivity contribution in [2.75, 3.05) is 20.2 Å². The summed E-state index contributed by atoms with van der Waals surface area (Å²) in [5.41, 5.74) is 0.0543. The molecule has 1 aliphatic heterocycles. The van der Waals surface area contributed by atoms with Gasteiger partial charge < -0.3 is 14.4 Å². The lowest BCUT2D eigenvalue weighted by Crippen LogP contribution is -2.38. The molecule has 1 aliphatic carbocycles. The van der Waals surface area contributed by atoms with Gasteiger partial charge in [0.25, 0.3) is 5.91 Å². The maximum Gasteiger partial charge on any atom is 0.338 e. The lowest BCUT2D eigenvalue weighted by molar-refractivity contribution is -0.138. The number of esters is 1. The van der Waals surface area contributed by atoms with Gasteiger partial charge in [0.2, 0.25) is 10.0 Å². The van der Waals surface area contributed by atoms with Crippen LogP contribution in [-0.2, 0) is 19.6 Å². The molecule has 1 aromatic rings. The number of carbonyl (C=O) groups excluding carboxylic acids is 2. The van der Waals surface area contributed by atoms with Crippen LogP contribution >= 0.6 is 0 Å². The summed E-state index contributed by atoms with van der Waals surface area (Å²) in [6.45, 7) is 2.86. The van der Waals surface area contributed by atoms with Gasteiger partial charge in [0.15, 0.2) is 6.10 Å². The van der Waals surface area contributed by atoms with Crippen molar-refractivity contribution in [3.05, 3.63) is 23.8 Å². The number of hydrogen-bond acceptors (Lipinski definition) is 6. The number of nitrogens with one attached hydrogen (secondary N) is 1. The van der Waals surface area contributed by atoms with Gasteiger partial charge in [-0.25, -0.2) is 17.9 Å². The van der Waals surface area contributed by atoms with E-state index in [2.05, 4.69) is 4.72 Å². The molecule has 0 bridgehead atoms. The van der Waals surface area contributed by atoms with E-state index < -0.39 is 22.1 Å². The molecule has 2 aliphatic rings. The van der Waals surface area contributed by atoms with Crippen LogP contribution in [0.15, 0.2) is 23.1 Å². The van der Waals surface area contributed by atoms with Crippen LogP contribution in [-0.4, -0.2) is 57.5 Å². The molecule has 0 spiro atoms. The molecule has 2 fully saturated rings. The van der Waals surface area contributed by atoms with Crippen LogP contribution in [0.25, 0.3) is 0 Å². The van der Waals surface area contributed by atoms with Crippen LogP contribution in [0.1, 0.15) is 55.8 Å². The highest BCUT2D eigenvalue weighted by Crippen LogP contribution is 2.27. The number of nitrogens with zero attached hydrogens (tertiary/aromatic N) is 1. The monoisotopic (exact) mass is 424 g/mol. The lowest BCUT2D eigenvalue weighted by atomic mass is 10.2. The van der Waals surface area contributed by atoms with E-state index in [1.807, 2.05) is 0 Å². The molecule has 1 amide bonds. The Morgan fingerprint density at radius 1 is 1.14 bits per heavy atom. The fourth-order valence-electron chi connectivity index (χ4n) is 3.81. The average Bonchev–Trinajstić information content (AvgIpc) is 3.40. The van der Waals surface area contributed by atoms with Gasteiger partial charge in [0, 0.05) is 19.1 Å². The van der Waals surface area contributed by atoms with E-state index in [9.17, 15) is 18.0 Å². The first-order chi connectivity index (χ1) is 13.8. The molecule has 1 atom stereocenters. The number of methoxy groups -OCH3 is 1. The van der Waals surface area contributed by atoms with Gasteiger partial charge in [-0.3, -0.25) is 4.79 Å². The first-order valence-corrected chi connectivity index (χ1v) is 11.5. The van der Waals surface area contributed by atoms with Crippen LogP contribution in [0.4, 0.5) is 0 Å². The Labute approximate surface area is 171 Å². The molecule has 1 saturated heterocycles. The lowest BCUT2D eigenvalue weighted by Gasteiger charge is -2.20. The third-order valence-electron chi connectivity index (χ3n) is 5.42. The second kappa shape index (κ2) is 9.13. The van der Waals surface area contributed by atoms with Gasteiger partial charge in [-0.1, -0.05) is 12.8 Å². The maximum atomic E-state index is 12.8. The van der Waals surface area contributed by atoms with E-state index in [4.69, 9.17) is 9.47 Å². The summed E-state index contributed by atoms with van der Waals surface area (Å²) in [5, 5.41) is 0. The molecule has 3 rings (SSSR count). The third-order valence-corrected chi connectivity index (χ3v) is 6.96. The summed E-state index contributed by atoms with van der Waals surface area (Å²) in [7, 11) is -2.48. The van der Waals surface area contributed by atoms with Crippen LogP contribution in [0.2, 0.25) is 0 Å². The summed E-state index contributed by atoms with van der Waals surface area (Å²) >= 11 is 0. The molecule has 1 unspecified atom stereocenters. The Morgan fingerprint density at radius 2 is 1.79 bits per heavy atom. The van der Waals surface area contributed by atoms with Gasteiger partial charge in [-0.2, -0.15) is 0 Å². The summed E-state index contributed by atoms with van der Waals surface area (Å²) in [4.78, 5) is 26.5. The van der Waals surface area contributed by atoms with Gasteiger partial charge in [-0.15, -0.1) is 0 Å². The molecule has 1 heterocycles. The van der Waals surface area contributed by atoms with E-state index in [1.54, 1.807) is 4.90 Å². The van der Waals surface area contributed by atoms with Crippen molar-refractivity contribution in [1.82, 2.24) is 9.62 Å². The van der Waals surface area contributed by atoms with Gasteiger partial charge >= 0.3 is 5.97 Å². The fourth-order valence-corrected chi connectivity index (χ4v) is 5.31. The van der Waals surface area contributed by atoms with E-state index in [-0.39, 0.29) is 28.2 Å². The average molecular weight is 425 g/mol. The minimum Gasteiger partial charge on any atom is -0.495 e. The molecule has 0 radical (unpaired) electrons. The molecule has 1 N–H and O–H groups in total. The first kappa shape index (κ1) is 21.6. The number of rotatable bonds is 7. The zero-order chi connectivity index (χ0) is 21.0. The number of hydrogen-bond donors (Lipinski definition) is 1. The van der Waals surface area contributed by atoms with E-state index >= 15 is 0 Å². The quantitative estimate of drug-likeness (QED) is 0.673. The van der Waals surface area contributed by atoms with Crippen LogP contribution in [0.5, 0.6) is 5.75 Å². The third kappa shape index (κ3) is 5.08. The molecular formula is C20H28N2O6S. The summed E-state index contributed by atoms with van der Waals surface area (Å²) in [6.07, 6.45) is 4.51. The number of carbonyl (C=O) groups is 2. The molecular weight excluding hydrogens is 396 g/mol. The van der Waals surface area contributed by atoms with E-state index in [1.165, 1.54) is 32.2 Å². The van der Waals surface area contributed by atoms with E-state index in [0.717, 1.165) is 38.5 Å². The number of likely N-dealkylation sites (tertiary alicyclic amines) is 1. The molecule has 8 nitrogen and oxygen atoms in total. The molecule has 29 heavy (non-hydrogen) atoms. The van der Waals surface area contributed by atoms with Crippen molar-refractivity contribution in [2.45, 2.75) is 62.5 Å². The molecule has 1 saturated carbocycles. The van der Waals surface area contributed by atoms with Crippen molar-refractivity contribution in [3.8, 4) is 5.75 Å². The fraction of sp³-hybridized carbons (Fsp3) is 0.600. The minimum absolute atomic E-state index is 0.0543. The van der Waals surface area contributed by atoms with Crippen LogP contribution in [0.3, 0.4) is 0 Å². The Hall–Kier alpha value is -2.13. The maximum absolute atomic E-state index is 12.8. The normalized spacial score (nSPS) is 18.6. The zero-order valence-corrected chi connectivity index (χ0v) is 17.7. The van der Waals surface area contributed by atoms with Crippen molar-refractivity contribution < 1.29 is 27.5 Å². The van der Waals surface area contributed by atoms with Gasteiger partial charge in [0.1, 0.15) is 10.6 Å². The van der Waals surface area contributed by atoms with Crippen LogP contribution in [0, 0.1) is 0 Å². The highest BCUT2D eigenvalue weighted by Gasteiger charge is 2.29. The van der Waals surface area contributed by atoms with Gasteiger partial charge in [0.05, 0.1) is 12.7 Å². The number of ether oxygens (including phenoxy) is 2. The highest BCUT2D eigenvalue weighted by atomic mass is 32.2. The second-order valence-corrected chi connectivity index (χ2v) is 9.23. The van der Waals surface area contributed by atoms with E-state index in [0.29, 0.717) is 13.1 Å². The highest BCUT2D eigenvalue weighted by molar-refractivity contribution is 7.89. The van der Waals surface area contributed by atoms with Crippen molar-refractivity contribution in [3.63, 3.8) is 0 Å². The Morgan fingerprint density at radius 3 is 2.41 bits per heavy atom. The number of sulfonamides is 1. The predicted octanol–water partition coefficient (Wildman–Crippen LogP) is 2.08. The minimum atomic E-state index is -3.86. The topological polar surface area (TPSA) is 102 Å². The predicted molar refractivity (Wildman–Crippen MR) is 106 cm³/mol. The summed E-state index contributed by atoms with van der Waals surface area (Å²) in [6, 6.07) is 3.99. The number of benzene rings is 1. The largest absolute Gasteiger partial charge is 0.495 e. The zero-order valence-electron chi connectivity index (χ0n) is 16.8. The second-order valence-electron chi connectivity index (χ2n) is 7.55. The summed E-state index contributed by atoms with van der Waals surface area (Å²) < 4.78 is 38.9. The molecule has 1 aromatic carbocycles. The van der Waals surface area contributed by atoms with Crippen LogP contribution < -0.4 is 9.46 Å². The number of amides is 1. The standard InChI is InChI=1S/C20H28N2O6S/c1-14(19(23)22-11-5-6-12-22)28-20(24)15-9-10-17(27-2)18(13-15)29(25,26)21-16-7-3-4-8-16/h9-10,13-14,16,21H,3-8,11-12H2,1-2H3. The molecule has 160 valence electrons. The SMILES string of the molecule is COc1ccc(C(=O)OC(C)C(=O)N2CCCC2)cc1S(=O)(=O)NC1CCCC1. The Kier molecular flexibility index (Phi) is 6.79. The van der Waals surface area contributed by atoms with Crippen molar-refractivity contribution in [2.24, 2.45) is 0 Å². The Bertz CT molecular complexity index is 858. The van der Waals surface area contributed by atoms with Crippen molar-refractivity contribution in [1.29, 1.82) is 0 Å². The molecule has 0 aromatic heterocycles. The first-order valence-electron chi connectivity index (χ1n) is 10.0. The van der Waals surface area contributed by atoms with Crippen molar-refractivity contribution >= 4 is 21.9 Å². The van der Waals surface area contributed by atoms with Gasteiger partial charge in [-0.05, 0) is 50.8 Å². The Balaban J connectivity index is 1.76.